The first-order valence-electron chi connectivity index (χ1n) is 8.29. The summed E-state index contributed by atoms with van der Waals surface area (Å²) in [5.41, 5.74) is 2.91. The number of aromatic amines is 1. The molecule has 2 aromatic heterocycles. The van der Waals surface area contributed by atoms with Gasteiger partial charge in [0.05, 0.1) is 24.0 Å². The van der Waals surface area contributed by atoms with Gasteiger partial charge >= 0.3 is 0 Å². The number of rotatable bonds is 4. The Hall–Kier alpha value is -2.34. The van der Waals surface area contributed by atoms with E-state index in [-0.39, 0.29) is 11.9 Å². The summed E-state index contributed by atoms with van der Waals surface area (Å²) >= 11 is 6.18. The second kappa shape index (κ2) is 7.70. The Kier molecular flexibility index (Phi) is 5.38. The summed E-state index contributed by atoms with van der Waals surface area (Å²) in [7, 11) is 1.53. The zero-order chi connectivity index (χ0) is 17.8. The van der Waals surface area contributed by atoms with E-state index >= 15 is 0 Å². The van der Waals surface area contributed by atoms with Gasteiger partial charge in [-0.05, 0) is 38.2 Å². The average molecular weight is 361 g/mol. The number of H-pyrrole nitrogens is 1. The van der Waals surface area contributed by atoms with Crippen LogP contribution in [0, 0.1) is 0 Å². The summed E-state index contributed by atoms with van der Waals surface area (Å²) in [6, 6.07) is 3.55. The molecule has 0 radical (unpaired) electrons. The van der Waals surface area contributed by atoms with Gasteiger partial charge in [0, 0.05) is 17.7 Å². The number of halogens is 1. The molecule has 2 N–H and O–H groups in total. The minimum Gasteiger partial charge on any atom is -0.481 e. The smallest absolute Gasteiger partial charge is 0.269 e. The van der Waals surface area contributed by atoms with Crippen molar-refractivity contribution in [1.29, 1.82) is 0 Å². The van der Waals surface area contributed by atoms with Gasteiger partial charge in [0.2, 0.25) is 5.88 Å². The Morgan fingerprint density at radius 3 is 3.04 bits per heavy atom. The minimum atomic E-state index is -0.159. The number of carbonyl (C=O) groups is 1. The molecule has 0 spiro atoms. The van der Waals surface area contributed by atoms with E-state index in [2.05, 4.69) is 27.1 Å². The highest BCUT2D eigenvalue weighted by Crippen LogP contribution is 2.29. The van der Waals surface area contributed by atoms with Gasteiger partial charge in [-0.3, -0.25) is 9.89 Å². The monoisotopic (exact) mass is 360 g/mol. The van der Waals surface area contributed by atoms with E-state index in [0.29, 0.717) is 27.9 Å². The molecule has 3 rings (SSSR count). The Balaban J connectivity index is 1.72. The average Bonchev–Trinajstić information content (AvgIpc) is 3.01. The summed E-state index contributed by atoms with van der Waals surface area (Å²) in [6.07, 6.45) is 6.47. The third-order valence-electron chi connectivity index (χ3n) is 4.40. The summed E-state index contributed by atoms with van der Waals surface area (Å²) < 4.78 is 5.11. The molecular weight excluding hydrogens is 340 g/mol. The highest BCUT2D eigenvalue weighted by molar-refractivity contribution is 6.33. The van der Waals surface area contributed by atoms with Gasteiger partial charge in [0.1, 0.15) is 5.69 Å². The molecule has 1 atom stereocenters. The minimum absolute atomic E-state index is 0.159. The molecule has 1 aliphatic carbocycles. The molecule has 0 bridgehead atoms. The SMILES string of the molecule is C=C1CCCC(NC(=O)c2cc(-c3cc(OC)ncc3Cl)n[nH]2)CC1. The molecule has 2 heterocycles. The molecule has 1 fully saturated rings. The van der Waals surface area contributed by atoms with Crippen molar-refractivity contribution < 1.29 is 9.53 Å². The Bertz CT molecular complexity index is 787. The van der Waals surface area contributed by atoms with Crippen molar-refractivity contribution in [3.8, 4) is 17.1 Å². The summed E-state index contributed by atoms with van der Waals surface area (Å²) in [5, 5.41) is 10.5. The van der Waals surface area contributed by atoms with Crippen molar-refractivity contribution in [1.82, 2.24) is 20.5 Å². The van der Waals surface area contributed by atoms with Gasteiger partial charge < -0.3 is 10.1 Å². The van der Waals surface area contributed by atoms with Crippen LogP contribution in [-0.4, -0.2) is 34.2 Å². The molecule has 132 valence electrons. The predicted octanol–water partition coefficient (Wildman–Crippen LogP) is 3.75. The van der Waals surface area contributed by atoms with E-state index in [0.717, 1.165) is 32.1 Å². The maximum Gasteiger partial charge on any atom is 0.269 e. The van der Waals surface area contributed by atoms with Gasteiger partial charge in [-0.1, -0.05) is 23.8 Å². The highest BCUT2D eigenvalue weighted by atomic mass is 35.5. The Morgan fingerprint density at radius 2 is 2.24 bits per heavy atom. The number of carbonyl (C=O) groups excluding carboxylic acids is 1. The van der Waals surface area contributed by atoms with Crippen LogP contribution in [0.4, 0.5) is 0 Å². The largest absolute Gasteiger partial charge is 0.481 e. The second-order valence-electron chi connectivity index (χ2n) is 6.22. The normalized spacial score (nSPS) is 17.8. The first-order valence-corrected chi connectivity index (χ1v) is 8.67. The van der Waals surface area contributed by atoms with Crippen LogP contribution in [-0.2, 0) is 0 Å². The molecule has 1 saturated carbocycles. The lowest BCUT2D eigenvalue weighted by Gasteiger charge is -2.15. The van der Waals surface area contributed by atoms with E-state index in [1.807, 2.05) is 0 Å². The van der Waals surface area contributed by atoms with Crippen LogP contribution in [0.1, 0.15) is 42.6 Å². The fraction of sp³-hybridized carbons (Fsp3) is 0.389. The predicted molar refractivity (Wildman–Crippen MR) is 96.9 cm³/mol. The lowest BCUT2D eigenvalue weighted by molar-refractivity contribution is 0.0928. The van der Waals surface area contributed by atoms with Gasteiger partial charge in [0.25, 0.3) is 5.91 Å². The molecule has 0 aliphatic heterocycles. The lowest BCUT2D eigenvalue weighted by Crippen LogP contribution is -2.34. The maximum atomic E-state index is 12.5. The molecule has 0 aromatic carbocycles. The number of hydrogen-bond donors (Lipinski definition) is 2. The number of nitrogens with one attached hydrogen (secondary N) is 2. The molecule has 6 nitrogen and oxygen atoms in total. The lowest BCUT2D eigenvalue weighted by atomic mass is 10.1. The second-order valence-corrected chi connectivity index (χ2v) is 6.63. The number of ether oxygens (including phenoxy) is 1. The van der Waals surface area contributed by atoms with E-state index in [1.54, 1.807) is 12.1 Å². The molecule has 2 aromatic rings. The summed E-state index contributed by atoms with van der Waals surface area (Å²) in [5.74, 6) is 0.278. The zero-order valence-electron chi connectivity index (χ0n) is 14.1. The number of pyridine rings is 1. The fourth-order valence-corrected chi connectivity index (χ4v) is 3.16. The number of nitrogens with zero attached hydrogens (tertiary/aromatic N) is 2. The third kappa shape index (κ3) is 4.20. The number of methoxy groups -OCH3 is 1. The molecule has 7 heteroatoms. The number of hydrogen-bond acceptors (Lipinski definition) is 4. The molecular formula is C18H21ClN4O2. The van der Waals surface area contributed by atoms with Crippen LogP contribution < -0.4 is 10.1 Å². The van der Waals surface area contributed by atoms with Crippen LogP contribution in [0.3, 0.4) is 0 Å². The molecule has 0 saturated heterocycles. The topological polar surface area (TPSA) is 79.9 Å². The van der Waals surface area contributed by atoms with E-state index in [9.17, 15) is 4.79 Å². The summed E-state index contributed by atoms with van der Waals surface area (Å²) in [4.78, 5) is 16.5. The van der Waals surface area contributed by atoms with Crippen molar-refractivity contribution in [2.45, 2.75) is 38.1 Å². The van der Waals surface area contributed by atoms with Crippen LogP contribution >= 0.6 is 11.6 Å². The first kappa shape index (κ1) is 17.5. The van der Waals surface area contributed by atoms with Gasteiger partial charge in [-0.2, -0.15) is 5.10 Å². The zero-order valence-corrected chi connectivity index (χ0v) is 14.9. The van der Waals surface area contributed by atoms with Crippen molar-refractivity contribution in [2.75, 3.05) is 7.11 Å². The maximum absolute atomic E-state index is 12.5. The molecule has 1 aliphatic rings. The number of amides is 1. The van der Waals surface area contributed by atoms with Crippen molar-refractivity contribution in [3.63, 3.8) is 0 Å². The van der Waals surface area contributed by atoms with Crippen LogP contribution in [0.2, 0.25) is 5.02 Å². The van der Waals surface area contributed by atoms with E-state index in [1.165, 1.54) is 18.9 Å². The molecule has 1 unspecified atom stereocenters. The standard InChI is InChI=1S/C18H21ClN4O2/c1-11-4-3-5-12(7-6-11)21-18(24)16-9-15(22-23-16)13-8-17(25-2)20-10-14(13)19/h8-10,12H,1,3-7H2,2H3,(H,21,24)(H,22,23). The van der Waals surface area contributed by atoms with Crippen molar-refractivity contribution >= 4 is 17.5 Å². The van der Waals surface area contributed by atoms with Gasteiger partial charge in [-0.25, -0.2) is 4.98 Å². The molecule has 25 heavy (non-hydrogen) atoms. The van der Waals surface area contributed by atoms with Crippen molar-refractivity contribution in [3.05, 3.63) is 41.2 Å². The van der Waals surface area contributed by atoms with Crippen LogP contribution in [0.5, 0.6) is 5.88 Å². The van der Waals surface area contributed by atoms with Gasteiger partial charge in [-0.15, -0.1) is 0 Å². The van der Waals surface area contributed by atoms with E-state index < -0.39 is 0 Å². The summed E-state index contributed by atoms with van der Waals surface area (Å²) in [6.45, 7) is 4.05. The number of allylic oxidation sites excluding steroid dienone is 1. The fourth-order valence-electron chi connectivity index (χ4n) is 2.96. The van der Waals surface area contributed by atoms with Crippen LogP contribution in [0.25, 0.3) is 11.3 Å². The number of aromatic nitrogens is 3. The van der Waals surface area contributed by atoms with E-state index in [4.69, 9.17) is 16.3 Å². The van der Waals surface area contributed by atoms with Gasteiger partial charge in [0.15, 0.2) is 0 Å². The quantitative estimate of drug-likeness (QED) is 0.642. The highest BCUT2D eigenvalue weighted by Gasteiger charge is 2.19. The Labute approximate surface area is 151 Å². The van der Waals surface area contributed by atoms with Crippen LogP contribution in [0.15, 0.2) is 30.5 Å². The first-order chi connectivity index (χ1) is 12.1. The third-order valence-corrected chi connectivity index (χ3v) is 4.70. The van der Waals surface area contributed by atoms with Crippen molar-refractivity contribution in [2.24, 2.45) is 0 Å². The molecule has 1 amide bonds. The Morgan fingerprint density at radius 1 is 1.40 bits per heavy atom.